The van der Waals surface area contributed by atoms with Crippen LogP contribution < -0.4 is 0 Å². The van der Waals surface area contributed by atoms with E-state index in [9.17, 15) is 4.79 Å². The van der Waals surface area contributed by atoms with Crippen molar-refractivity contribution in [2.24, 2.45) is 0 Å². The number of ether oxygens (including phenoxy) is 1. The monoisotopic (exact) mass is 346 g/mol. The van der Waals surface area contributed by atoms with Gasteiger partial charge >= 0.3 is 0 Å². The van der Waals surface area contributed by atoms with Crippen LogP contribution in [0, 0.1) is 0 Å². The molecule has 2 aromatic heterocycles. The molecule has 6 heteroatoms. The van der Waals surface area contributed by atoms with Crippen LogP contribution in [0.1, 0.15) is 16.1 Å². The number of fused-ring (bicyclic) bond motifs is 1. The third-order valence-corrected chi connectivity index (χ3v) is 4.08. The number of hydrogen-bond donors (Lipinski definition) is 0. The molecule has 0 saturated carbocycles. The van der Waals surface area contributed by atoms with E-state index in [1.54, 1.807) is 13.3 Å². The molecule has 0 fully saturated rings. The van der Waals surface area contributed by atoms with Crippen LogP contribution in [-0.2, 0) is 11.3 Å². The highest BCUT2D eigenvalue weighted by molar-refractivity contribution is 6.69. The number of pyridine rings is 2. The largest absolute Gasteiger partial charge is 0.378 e. The standard InChI is InChI=1S/C17H12Cl2N2O2/c1-23-9-12-4-2-11(7-20-12)10-3-5-15-13(6-10)16(18)14(8-21-15)17(19)22/h2-8H,9H2,1H3. The van der Waals surface area contributed by atoms with Gasteiger partial charge in [0.2, 0.25) is 0 Å². The van der Waals surface area contributed by atoms with Crippen LogP contribution in [-0.4, -0.2) is 22.3 Å². The number of rotatable bonds is 4. The molecule has 3 rings (SSSR count). The predicted octanol–water partition coefficient (Wildman–Crippen LogP) is 4.48. The van der Waals surface area contributed by atoms with Gasteiger partial charge in [-0.2, -0.15) is 0 Å². The van der Waals surface area contributed by atoms with Gasteiger partial charge in [-0.1, -0.05) is 23.7 Å². The Labute approximate surface area is 143 Å². The summed E-state index contributed by atoms with van der Waals surface area (Å²) in [7, 11) is 1.63. The van der Waals surface area contributed by atoms with Crippen molar-refractivity contribution in [2.45, 2.75) is 6.61 Å². The maximum absolute atomic E-state index is 11.4. The second-order valence-corrected chi connectivity index (χ2v) is 5.68. The van der Waals surface area contributed by atoms with E-state index in [1.807, 2.05) is 30.3 Å². The van der Waals surface area contributed by atoms with Gasteiger partial charge in [-0.15, -0.1) is 0 Å². The highest BCUT2D eigenvalue weighted by Gasteiger charge is 2.13. The number of carbonyl (C=O) groups is 1. The van der Waals surface area contributed by atoms with E-state index in [0.717, 1.165) is 16.8 Å². The fraction of sp³-hybridized carbons (Fsp3) is 0.118. The smallest absolute Gasteiger partial charge is 0.255 e. The molecule has 0 saturated heterocycles. The average Bonchev–Trinajstić information content (AvgIpc) is 2.56. The topological polar surface area (TPSA) is 52.1 Å². The minimum atomic E-state index is -0.625. The first-order chi connectivity index (χ1) is 11.1. The highest BCUT2D eigenvalue weighted by Crippen LogP contribution is 2.30. The van der Waals surface area contributed by atoms with Crippen molar-refractivity contribution in [1.29, 1.82) is 0 Å². The lowest BCUT2D eigenvalue weighted by atomic mass is 10.0. The molecule has 0 aliphatic rings. The SMILES string of the molecule is COCc1ccc(-c2ccc3ncc(C(=O)Cl)c(Cl)c3c2)cn1. The van der Waals surface area contributed by atoms with Gasteiger partial charge in [0.25, 0.3) is 5.24 Å². The minimum absolute atomic E-state index is 0.201. The summed E-state index contributed by atoms with van der Waals surface area (Å²) >= 11 is 11.8. The fourth-order valence-corrected chi connectivity index (χ4v) is 2.78. The van der Waals surface area contributed by atoms with Gasteiger partial charge < -0.3 is 4.74 Å². The van der Waals surface area contributed by atoms with Crippen LogP contribution in [0.15, 0.2) is 42.7 Å². The summed E-state index contributed by atoms with van der Waals surface area (Å²) in [6.45, 7) is 0.467. The van der Waals surface area contributed by atoms with Crippen molar-refractivity contribution in [2.75, 3.05) is 7.11 Å². The van der Waals surface area contributed by atoms with Crippen molar-refractivity contribution in [3.8, 4) is 11.1 Å². The molecule has 0 N–H and O–H groups in total. The quantitative estimate of drug-likeness (QED) is 0.653. The third kappa shape index (κ3) is 3.20. The van der Waals surface area contributed by atoms with E-state index in [2.05, 4.69) is 9.97 Å². The molecular formula is C17H12Cl2N2O2. The Kier molecular flexibility index (Phi) is 4.57. The van der Waals surface area contributed by atoms with E-state index in [4.69, 9.17) is 27.9 Å². The van der Waals surface area contributed by atoms with Crippen LogP contribution >= 0.6 is 23.2 Å². The normalized spacial score (nSPS) is 10.9. The number of hydrogen-bond acceptors (Lipinski definition) is 4. The summed E-state index contributed by atoms with van der Waals surface area (Å²) in [5.74, 6) is 0. The number of nitrogens with zero attached hydrogens (tertiary/aromatic N) is 2. The summed E-state index contributed by atoms with van der Waals surface area (Å²) in [4.78, 5) is 19.9. The molecule has 2 heterocycles. The van der Waals surface area contributed by atoms with Crippen molar-refractivity contribution >= 4 is 39.3 Å². The lowest BCUT2D eigenvalue weighted by Gasteiger charge is -2.07. The molecule has 4 nitrogen and oxygen atoms in total. The first-order valence-corrected chi connectivity index (χ1v) is 7.58. The number of halogens is 2. The molecule has 116 valence electrons. The van der Waals surface area contributed by atoms with E-state index in [0.29, 0.717) is 22.5 Å². The van der Waals surface area contributed by atoms with E-state index in [-0.39, 0.29) is 5.56 Å². The van der Waals surface area contributed by atoms with Gasteiger partial charge in [0, 0.05) is 30.5 Å². The first kappa shape index (κ1) is 15.9. The minimum Gasteiger partial charge on any atom is -0.378 e. The fourth-order valence-electron chi connectivity index (χ4n) is 2.31. The Hall–Kier alpha value is -2.01. The van der Waals surface area contributed by atoms with E-state index < -0.39 is 5.24 Å². The Bertz CT molecular complexity index is 880. The molecule has 0 bridgehead atoms. The number of methoxy groups -OCH3 is 1. The molecular weight excluding hydrogens is 335 g/mol. The number of aromatic nitrogens is 2. The van der Waals surface area contributed by atoms with Crippen molar-refractivity contribution in [3.05, 3.63) is 59.0 Å². The molecule has 0 amide bonds. The van der Waals surface area contributed by atoms with Gasteiger partial charge in [-0.05, 0) is 35.4 Å². The second-order valence-electron chi connectivity index (χ2n) is 4.96. The lowest BCUT2D eigenvalue weighted by molar-refractivity contribution is 0.108. The summed E-state index contributed by atoms with van der Waals surface area (Å²) in [5, 5.41) is 0.359. The first-order valence-electron chi connectivity index (χ1n) is 6.82. The number of carbonyl (C=O) groups excluding carboxylic acids is 1. The zero-order valence-corrected chi connectivity index (χ0v) is 13.7. The maximum atomic E-state index is 11.4. The molecule has 3 aromatic rings. The van der Waals surface area contributed by atoms with Gasteiger partial charge in [-0.3, -0.25) is 14.8 Å². The van der Waals surface area contributed by atoms with Crippen LogP contribution in [0.4, 0.5) is 0 Å². The third-order valence-electron chi connectivity index (χ3n) is 3.46. The molecule has 1 aromatic carbocycles. The van der Waals surface area contributed by atoms with Crippen LogP contribution in [0.5, 0.6) is 0 Å². The van der Waals surface area contributed by atoms with Crippen molar-refractivity contribution in [1.82, 2.24) is 9.97 Å². The molecule has 0 unspecified atom stereocenters. The zero-order valence-electron chi connectivity index (χ0n) is 12.2. The Morgan fingerprint density at radius 1 is 1.13 bits per heavy atom. The van der Waals surface area contributed by atoms with Gasteiger partial charge in [0.15, 0.2) is 0 Å². The van der Waals surface area contributed by atoms with E-state index >= 15 is 0 Å². The summed E-state index contributed by atoms with van der Waals surface area (Å²) < 4.78 is 5.05. The van der Waals surface area contributed by atoms with Crippen molar-refractivity contribution in [3.63, 3.8) is 0 Å². The molecule has 0 spiro atoms. The highest BCUT2D eigenvalue weighted by atomic mass is 35.5. The van der Waals surface area contributed by atoms with Crippen LogP contribution in [0.25, 0.3) is 22.0 Å². The Morgan fingerprint density at radius 2 is 1.91 bits per heavy atom. The predicted molar refractivity (Wildman–Crippen MR) is 90.9 cm³/mol. The van der Waals surface area contributed by atoms with Gasteiger partial charge in [0.1, 0.15) is 0 Å². The maximum Gasteiger partial charge on any atom is 0.255 e. The van der Waals surface area contributed by atoms with Gasteiger partial charge in [0.05, 0.1) is 28.4 Å². The molecule has 0 aliphatic heterocycles. The average molecular weight is 347 g/mol. The van der Waals surface area contributed by atoms with E-state index in [1.165, 1.54) is 6.20 Å². The lowest BCUT2D eigenvalue weighted by Crippen LogP contribution is -1.94. The molecule has 23 heavy (non-hydrogen) atoms. The van der Waals surface area contributed by atoms with Crippen LogP contribution in [0.2, 0.25) is 5.02 Å². The number of benzene rings is 1. The summed E-state index contributed by atoms with van der Waals surface area (Å²) in [6.07, 6.45) is 3.16. The molecule has 0 atom stereocenters. The molecule has 0 radical (unpaired) electrons. The van der Waals surface area contributed by atoms with Crippen molar-refractivity contribution < 1.29 is 9.53 Å². The Balaban J connectivity index is 2.08. The zero-order chi connectivity index (χ0) is 16.4. The van der Waals surface area contributed by atoms with Gasteiger partial charge in [-0.25, -0.2) is 0 Å². The summed E-state index contributed by atoms with van der Waals surface area (Å²) in [5.41, 5.74) is 3.62. The second kappa shape index (κ2) is 6.62. The summed E-state index contributed by atoms with van der Waals surface area (Å²) in [6, 6.07) is 9.52. The molecule has 0 aliphatic carbocycles. The van der Waals surface area contributed by atoms with Crippen LogP contribution in [0.3, 0.4) is 0 Å². The Morgan fingerprint density at radius 3 is 2.57 bits per heavy atom.